The van der Waals surface area contributed by atoms with E-state index in [9.17, 15) is 0 Å². The van der Waals surface area contributed by atoms with Crippen molar-refractivity contribution in [2.45, 2.75) is 18.5 Å². The van der Waals surface area contributed by atoms with Gasteiger partial charge in [-0.25, -0.2) is 0 Å². The number of hydrogen-bond donors (Lipinski definition) is 3. The lowest BCUT2D eigenvalue weighted by atomic mass is 9.95. The molecule has 5 nitrogen and oxygen atoms in total. The second kappa shape index (κ2) is 13.0. The van der Waals surface area contributed by atoms with Crippen molar-refractivity contribution in [2.75, 3.05) is 0 Å². The molecule has 2 atom stereocenters. The predicted molar refractivity (Wildman–Crippen MR) is 237 cm³/mol. The first-order chi connectivity index (χ1) is 28.3. The van der Waals surface area contributed by atoms with E-state index in [2.05, 4.69) is 203 Å². The van der Waals surface area contributed by atoms with Gasteiger partial charge in [-0.2, -0.15) is 0 Å². The zero-order chi connectivity index (χ0) is 37.5. The number of nitrogens with one attached hydrogen (secondary N) is 3. The maximum absolute atomic E-state index is 6.88. The highest BCUT2D eigenvalue weighted by Crippen LogP contribution is 2.46. The number of aromatic nitrogens is 1. The van der Waals surface area contributed by atoms with Crippen molar-refractivity contribution >= 4 is 75.3 Å². The maximum Gasteiger partial charge on any atom is 0.159 e. The molecule has 12 rings (SSSR count). The lowest BCUT2D eigenvalue weighted by Crippen LogP contribution is -2.54. The molecule has 0 radical (unpaired) electrons. The van der Waals surface area contributed by atoms with Gasteiger partial charge in [-0.1, -0.05) is 146 Å². The molecule has 3 N–H and O–H groups in total. The molecule has 1 aliphatic rings. The fraction of sp³-hybridized carbons (Fsp3) is 0.0588. The van der Waals surface area contributed by atoms with Gasteiger partial charge in [0.1, 0.15) is 5.58 Å². The molecular formula is C51H36N4OS. The van der Waals surface area contributed by atoms with Crippen LogP contribution in [0.3, 0.4) is 0 Å². The molecule has 0 aliphatic carbocycles. The van der Waals surface area contributed by atoms with Crippen LogP contribution in [0.4, 0.5) is 0 Å². The number of rotatable bonds is 5. The van der Waals surface area contributed by atoms with Crippen LogP contribution in [0, 0.1) is 0 Å². The largest absolute Gasteiger partial charge is 0.454 e. The molecule has 0 amide bonds. The SMILES string of the molecule is c1ccc(C2NC(c3ccccc3)NC(c3ccc4c(c3)sc3cccc(-c5cccc6oc7c(-n8c9ccccc9c9ccccc98)cccc7c56)c34)N2)cc1. The molecule has 0 saturated carbocycles. The van der Waals surface area contributed by atoms with Gasteiger partial charge in [-0.3, -0.25) is 16.0 Å². The summed E-state index contributed by atoms with van der Waals surface area (Å²) in [5.74, 6) is 0. The van der Waals surface area contributed by atoms with Gasteiger partial charge in [0, 0.05) is 41.7 Å². The fourth-order valence-corrected chi connectivity index (χ4v) is 10.4. The topological polar surface area (TPSA) is 54.2 Å². The summed E-state index contributed by atoms with van der Waals surface area (Å²) in [5.41, 5.74) is 11.2. The molecule has 4 heterocycles. The third kappa shape index (κ3) is 5.19. The average Bonchev–Trinajstić information content (AvgIpc) is 3.96. The maximum atomic E-state index is 6.88. The summed E-state index contributed by atoms with van der Waals surface area (Å²) in [6.45, 7) is 0. The summed E-state index contributed by atoms with van der Waals surface area (Å²) in [5, 5.41) is 18.8. The quantitative estimate of drug-likeness (QED) is 0.164. The van der Waals surface area contributed by atoms with E-state index < -0.39 is 0 Å². The number of hydrogen-bond acceptors (Lipinski definition) is 5. The molecule has 11 aromatic rings. The summed E-state index contributed by atoms with van der Waals surface area (Å²) in [7, 11) is 0. The highest BCUT2D eigenvalue weighted by Gasteiger charge is 2.30. The Morgan fingerprint density at radius 1 is 0.421 bits per heavy atom. The molecule has 1 saturated heterocycles. The van der Waals surface area contributed by atoms with Crippen LogP contribution >= 0.6 is 11.3 Å². The first-order valence-electron chi connectivity index (χ1n) is 19.5. The van der Waals surface area contributed by atoms with Gasteiger partial charge in [0.2, 0.25) is 0 Å². The predicted octanol–water partition coefficient (Wildman–Crippen LogP) is 12.9. The van der Waals surface area contributed by atoms with Crippen molar-refractivity contribution in [3.8, 4) is 16.8 Å². The van der Waals surface area contributed by atoms with E-state index in [1.165, 1.54) is 69.8 Å². The summed E-state index contributed by atoms with van der Waals surface area (Å²) in [4.78, 5) is 0. The summed E-state index contributed by atoms with van der Waals surface area (Å²) >= 11 is 1.86. The Bertz CT molecular complexity index is 3210. The van der Waals surface area contributed by atoms with Crippen LogP contribution in [0.1, 0.15) is 35.2 Å². The van der Waals surface area contributed by atoms with E-state index in [0.29, 0.717) is 0 Å². The highest BCUT2D eigenvalue weighted by atomic mass is 32.1. The number of thiophene rings is 1. The van der Waals surface area contributed by atoms with Crippen LogP contribution in [-0.2, 0) is 0 Å². The van der Waals surface area contributed by atoms with E-state index in [-0.39, 0.29) is 18.5 Å². The average molecular weight is 753 g/mol. The van der Waals surface area contributed by atoms with Crippen molar-refractivity contribution in [3.63, 3.8) is 0 Å². The zero-order valence-corrected chi connectivity index (χ0v) is 31.6. The Hall–Kier alpha value is -6.54. The van der Waals surface area contributed by atoms with Gasteiger partial charge >= 0.3 is 0 Å². The van der Waals surface area contributed by atoms with Crippen LogP contribution in [-0.4, -0.2) is 4.57 Å². The van der Waals surface area contributed by atoms with Crippen LogP contribution in [0.5, 0.6) is 0 Å². The second-order valence-electron chi connectivity index (χ2n) is 15.0. The van der Waals surface area contributed by atoms with Gasteiger partial charge in [-0.05, 0) is 64.2 Å². The molecule has 1 aliphatic heterocycles. The summed E-state index contributed by atoms with van der Waals surface area (Å²) in [6, 6.07) is 65.4. The number of nitrogens with zero attached hydrogens (tertiary/aromatic N) is 1. The molecule has 2 unspecified atom stereocenters. The normalized spacial score (nSPS) is 17.4. The first-order valence-corrected chi connectivity index (χ1v) is 20.3. The minimum Gasteiger partial charge on any atom is -0.454 e. The minimum absolute atomic E-state index is 0.0203. The summed E-state index contributed by atoms with van der Waals surface area (Å²) in [6.07, 6.45) is -0.105. The molecule has 0 spiro atoms. The Morgan fingerprint density at radius 3 is 1.67 bits per heavy atom. The lowest BCUT2D eigenvalue weighted by molar-refractivity contribution is 0.203. The first kappa shape index (κ1) is 32.7. The van der Waals surface area contributed by atoms with Crippen LogP contribution in [0.25, 0.3) is 80.7 Å². The Kier molecular flexibility index (Phi) is 7.46. The smallest absolute Gasteiger partial charge is 0.159 e. The van der Waals surface area contributed by atoms with Gasteiger partial charge in [0.15, 0.2) is 5.58 Å². The van der Waals surface area contributed by atoms with Gasteiger partial charge in [0.25, 0.3) is 0 Å². The van der Waals surface area contributed by atoms with E-state index in [1.54, 1.807) is 0 Å². The number of para-hydroxylation sites is 3. The number of furan rings is 1. The Balaban J connectivity index is 0.991. The molecule has 1 fully saturated rings. The molecular weight excluding hydrogens is 717 g/mol. The van der Waals surface area contributed by atoms with E-state index >= 15 is 0 Å². The van der Waals surface area contributed by atoms with Crippen LogP contribution < -0.4 is 16.0 Å². The zero-order valence-electron chi connectivity index (χ0n) is 30.8. The molecule has 3 aromatic heterocycles. The van der Waals surface area contributed by atoms with E-state index in [0.717, 1.165) is 27.6 Å². The van der Waals surface area contributed by atoms with Crippen molar-refractivity contribution in [1.82, 2.24) is 20.5 Å². The third-order valence-corrected chi connectivity index (χ3v) is 12.9. The monoisotopic (exact) mass is 752 g/mol. The van der Waals surface area contributed by atoms with Gasteiger partial charge in [-0.15, -0.1) is 11.3 Å². The Labute approximate surface area is 332 Å². The third-order valence-electron chi connectivity index (χ3n) is 11.7. The fourth-order valence-electron chi connectivity index (χ4n) is 9.17. The van der Waals surface area contributed by atoms with Crippen molar-refractivity contribution in [1.29, 1.82) is 0 Å². The standard InChI is InChI=1S/C51H36N4OS/c1-3-14-31(15-4-1)49-52-50(32-16-5-2-6-17-32)54-51(53-49)33-28-29-38-45(30-33)57-44-27-13-21-37(47(38)44)36-20-12-26-43-46(36)39-22-11-25-42(48(39)56-43)55-40-23-9-7-18-34(40)35-19-8-10-24-41(35)55/h1-30,49-54H. The van der Waals surface area contributed by atoms with Gasteiger partial charge < -0.3 is 8.98 Å². The second-order valence-corrected chi connectivity index (χ2v) is 16.0. The van der Waals surface area contributed by atoms with Crippen molar-refractivity contribution in [2.24, 2.45) is 0 Å². The molecule has 6 heteroatoms. The van der Waals surface area contributed by atoms with E-state index in [1.807, 2.05) is 11.3 Å². The number of benzene rings is 8. The highest BCUT2D eigenvalue weighted by molar-refractivity contribution is 7.26. The van der Waals surface area contributed by atoms with Gasteiger partial charge in [0.05, 0.1) is 35.2 Å². The molecule has 57 heavy (non-hydrogen) atoms. The van der Waals surface area contributed by atoms with E-state index in [4.69, 9.17) is 4.42 Å². The summed E-state index contributed by atoms with van der Waals surface area (Å²) < 4.78 is 11.8. The molecule has 272 valence electrons. The molecule has 0 bridgehead atoms. The Morgan fingerprint density at radius 2 is 0.982 bits per heavy atom. The van der Waals surface area contributed by atoms with Crippen molar-refractivity contribution in [3.05, 3.63) is 199 Å². The lowest BCUT2D eigenvalue weighted by Gasteiger charge is -2.39. The minimum atomic E-state index is -0.0643. The van der Waals surface area contributed by atoms with Crippen LogP contribution in [0.15, 0.2) is 186 Å². The molecule has 8 aromatic carbocycles. The van der Waals surface area contributed by atoms with Crippen molar-refractivity contribution < 1.29 is 4.42 Å². The number of fused-ring (bicyclic) bond motifs is 9. The van der Waals surface area contributed by atoms with Crippen LogP contribution in [0.2, 0.25) is 0 Å².